The number of hydrogen-bond donors (Lipinski definition) is 2. The molecule has 31 heavy (non-hydrogen) atoms. The Morgan fingerprint density at radius 2 is 1.42 bits per heavy atom. The van der Waals surface area contributed by atoms with Crippen molar-refractivity contribution < 1.29 is 44.6 Å². The lowest BCUT2D eigenvalue weighted by atomic mass is 9.96. The SMILES string of the molecule is N=C(Cc1cc(C(F)(F)F)ncc1Cl)CC(O)c1cc(C(F)(F)F)cc(C(F)(F)F)c1. The second kappa shape index (κ2) is 8.65. The summed E-state index contributed by atoms with van der Waals surface area (Å²) in [7, 11) is 0. The number of aliphatic hydroxyl groups excluding tert-OH is 1. The van der Waals surface area contributed by atoms with Crippen LogP contribution in [0.5, 0.6) is 0 Å². The lowest BCUT2D eigenvalue weighted by molar-refractivity contribution is -0.143. The summed E-state index contributed by atoms with van der Waals surface area (Å²) in [5, 5.41) is 17.7. The Kier molecular flexibility index (Phi) is 6.96. The Labute approximate surface area is 174 Å². The van der Waals surface area contributed by atoms with Gasteiger partial charge >= 0.3 is 18.5 Å². The molecule has 0 aliphatic rings. The van der Waals surface area contributed by atoms with E-state index in [1.54, 1.807) is 0 Å². The van der Waals surface area contributed by atoms with E-state index in [4.69, 9.17) is 17.0 Å². The van der Waals surface area contributed by atoms with Crippen LogP contribution >= 0.6 is 11.6 Å². The second-order valence-corrected chi connectivity index (χ2v) is 6.91. The maximum atomic E-state index is 12.9. The van der Waals surface area contributed by atoms with Gasteiger partial charge in [0.2, 0.25) is 0 Å². The molecule has 1 atom stereocenters. The van der Waals surface area contributed by atoms with Gasteiger partial charge in [0.15, 0.2) is 0 Å². The molecule has 1 heterocycles. The molecule has 13 heteroatoms. The third-order valence-electron chi connectivity index (χ3n) is 4.06. The number of pyridine rings is 1. The highest BCUT2D eigenvalue weighted by atomic mass is 35.5. The summed E-state index contributed by atoms with van der Waals surface area (Å²) in [6.45, 7) is 0. The van der Waals surface area contributed by atoms with Crippen LogP contribution < -0.4 is 0 Å². The zero-order valence-electron chi connectivity index (χ0n) is 15.1. The number of hydrogen-bond acceptors (Lipinski definition) is 3. The molecule has 0 aliphatic carbocycles. The Balaban J connectivity index is 2.27. The molecule has 170 valence electrons. The Morgan fingerprint density at radius 3 is 1.87 bits per heavy atom. The third kappa shape index (κ3) is 6.57. The number of nitrogens with zero attached hydrogens (tertiary/aromatic N) is 1. The number of rotatable bonds is 5. The largest absolute Gasteiger partial charge is 0.433 e. The average Bonchev–Trinajstić information content (AvgIpc) is 2.60. The van der Waals surface area contributed by atoms with Crippen molar-refractivity contribution in [2.75, 3.05) is 0 Å². The van der Waals surface area contributed by atoms with Gasteiger partial charge in [-0.1, -0.05) is 11.6 Å². The molecule has 0 bridgehead atoms. The van der Waals surface area contributed by atoms with Gasteiger partial charge in [-0.3, -0.25) is 4.98 Å². The van der Waals surface area contributed by atoms with Crippen molar-refractivity contribution >= 4 is 17.3 Å². The van der Waals surface area contributed by atoms with Gasteiger partial charge in [-0.05, 0) is 35.4 Å². The van der Waals surface area contributed by atoms with E-state index in [0.717, 1.165) is 0 Å². The van der Waals surface area contributed by atoms with Gasteiger partial charge < -0.3 is 10.5 Å². The van der Waals surface area contributed by atoms with E-state index in [-0.39, 0.29) is 16.7 Å². The standard InChI is InChI=1S/C18H12ClF9N2O/c19-13-7-30-15(18(26,27)28)4-8(13)3-12(29)6-14(31)9-1-10(16(20,21)22)5-11(2-9)17(23,24)25/h1-2,4-5,7,14,29,31H,3,6H2. The summed E-state index contributed by atoms with van der Waals surface area (Å²) >= 11 is 5.75. The summed E-state index contributed by atoms with van der Waals surface area (Å²) in [5.41, 5.74) is -6.00. The van der Waals surface area contributed by atoms with Crippen molar-refractivity contribution in [1.29, 1.82) is 5.41 Å². The van der Waals surface area contributed by atoms with Crippen molar-refractivity contribution in [3.63, 3.8) is 0 Å². The lowest BCUT2D eigenvalue weighted by Crippen LogP contribution is -2.15. The molecule has 0 saturated carbocycles. The number of aliphatic hydroxyl groups is 1. The zero-order chi connectivity index (χ0) is 23.8. The van der Waals surface area contributed by atoms with E-state index in [2.05, 4.69) is 4.98 Å². The molecular weight excluding hydrogens is 467 g/mol. The minimum Gasteiger partial charge on any atom is -0.388 e. The molecule has 1 aromatic heterocycles. The normalized spacial score (nSPS) is 13.9. The number of halogens is 10. The van der Waals surface area contributed by atoms with E-state index in [0.29, 0.717) is 24.4 Å². The molecule has 0 fully saturated rings. The summed E-state index contributed by atoms with van der Waals surface area (Å²) < 4.78 is 116. The first-order valence-electron chi connectivity index (χ1n) is 8.24. The maximum absolute atomic E-state index is 12.9. The average molecular weight is 479 g/mol. The van der Waals surface area contributed by atoms with Gasteiger partial charge in [0, 0.05) is 24.8 Å². The lowest BCUT2D eigenvalue weighted by Gasteiger charge is -2.18. The highest BCUT2D eigenvalue weighted by molar-refractivity contribution is 6.31. The minimum absolute atomic E-state index is 0.114. The summed E-state index contributed by atoms with van der Waals surface area (Å²) in [6.07, 6.45) is -17.6. The van der Waals surface area contributed by atoms with Crippen LogP contribution in [0.4, 0.5) is 39.5 Å². The van der Waals surface area contributed by atoms with Crippen LogP contribution in [0.1, 0.15) is 40.5 Å². The molecular formula is C18H12ClF9N2O. The number of alkyl halides is 9. The highest BCUT2D eigenvalue weighted by Gasteiger charge is 2.37. The van der Waals surface area contributed by atoms with Crippen LogP contribution in [0.25, 0.3) is 0 Å². The monoisotopic (exact) mass is 478 g/mol. The fraction of sp³-hybridized carbons (Fsp3) is 0.333. The molecule has 0 aliphatic heterocycles. The molecule has 0 spiro atoms. The Bertz CT molecular complexity index is 936. The Morgan fingerprint density at radius 1 is 0.903 bits per heavy atom. The van der Waals surface area contributed by atoms with Crippen molar-refractivity contribution in [1.82, 2.24) is 4.98 Å². The predicted octanol–water partition coefficient (Wildman–Crippen LogP) is 6.48. The second-order valence-electron chi connectivity index (χ2n) is 6.50. The van der Waals surface area contributed by atoms with E-state index in [1.165, 1.54) is 0 Å². The molecule has 0 amide bonds. The van der Waals surface area contributed by atoms with Crippen LogP contribution in [0.15, 0.2) is 30.5 Å². The van der Waals surface area contributed by atoms with E-state index < -0.39 is 65.6 Å². The van der Waals surface area contributed by atoms with Crippen molar-refractivity contribution in [2.24, 2.45) is 0 Å². The van der Waals surface area contributed by atoms with Crippen molar-refractivity contribution in [3.05, 3.63) is 63.4 Å². The first-order valence-corrected chi connectivity index (χ1v) is 8.61. The van der Waals surface area contributed by atoms with Gasteiger partial charge in [0.25, 0.3) is 0 Å². The Hall–Kier alpha value is -2.34. The zero-order valence-corrected chi connectivity index (χ0v) is 15.8. The summed E-state index contributed by atoms with van der Waals surface area (Å²) in [5.74, 6) is 0. The quantitative estimate of drug-likeness (QED) is 0.382. The molecule has 2 aromatic rings. The van der Waals surface area contributed by atoms with E-state index >= 15 is 0 Å². The van der Waals surface area contributed by atoms with Crippen LogP contribution in [0, 0.1) is 5.41 Å². The molecule has 1 aromatic carbocycles. The maximum Gasteiger partial charge on any atom is 0.433 e. The van der Waals surface area contributed by atoms with E-state index in [9.17, 15) is 44.6 Å². The summed E-state index contributed by atoms with van der Waals surface area (Å²) in [4.78, 5) is 3.10. The van der Waals surface area contributed by atoms with Gasteiger partial charge in [-0.2, -0.15) is 39.5 Å². The fourth-order valence-electron chi connectivity index (χ4n) is 2.60. The smallest absolute Gasteiger partial charge is 0.388 e. The topological polar surface area (TPSA) is 57.0 Å². The molecule has 3 nitrogen and oxygen atoms in total. The van der Waals surface area contributed by atoms with Gasteiger partial charge in [0.1, 0.15) is 5.69 Å². The van der Waals surface area contributed by atoms with Crippen LogP contribution in [0.3, 0.4) is 0 Å². The van der Waals surface area contributed by atoms with Gasteiger partial charge in [0.05, 0.1) is 22.3 Å². The minimum atomic E-state index is -5.12. The van der Waals surface area contributed by atoms with Crippen LogP contribution in [-0.4, -0.2) is 15.8 Å². The molecule has 1 unspecified atom stereocenters. The molecule has 2 N–H and O–H groups in total. The number of benzene rings is 1. The first kappa shape index (κ1) is 24.9. The molecule has 0 radical (unpaired) electrons. The van der Waals surface area contributed by atoms with Gasteiger partial charge in [-0.15, -0.1) is 0 Å². The predicted molar refractivity (Wildman–Crippen MR) is 91.7 cm³/mol. The van der Waals surface area contributed by atoms with Crippen molar-refractivity contribution in [3.8, 4) is 0 Å². The first-order chi connectivity index (χ1) is 14.0. The van der Waals surface area contributed by atoms with Crippen LogP contribution in [-0.2, 0) is 24.9 Å². The van der Waals surface area contributed by atoms with Crippen LogP contribution in [0.2, 0.25) is 5.02 Å². The summed E-state index contributed by atoms with van der Waals surface area (Å²) in [6, 6.07) is 1.08. The third-order valence-corrected chi connectivity index (χ3v) is 4.40. The van der Waals surface area contributed by atoms with E-state index in [1.807, 2.05) is 0 Å². The van der Waals surface area contributed by atoms with Gasteiger partial charge in [-0.25, -0.2) is 0 Å². The molecule has 0 saturated heterocycles. The highest BCUT2D eigenvalue weighted by Crippen LogP contribution is 2.38. The number of aromatic nitrogens is 1. The number of nitrogens with one attached hydrogen (secondary N) is 1. The molecule has 2 rings (SSSR count). The fourth-order valence-corrected chi connectivity index (χ4v) is 2.77. The van der Waals surface area contributed by atoms with Crippen molar-refractivity contribution in [2.45, 2.75) is 37.5 Å².